The number of aromatic nitrogens is 4. The zero-order valence-electron chi connectivity index (χ0n) is 15.6. The highest BCUT2D eigenvalue weighted by atomic mass is 32.1. The molecule has 3 aromatic rings. The third kappa shape index (κ3) is 4.39. The Hall–Kier alpha value is -2.74. The first-order chi connectivity index (χ1) is 13.7. The second-order valence-corrected chi connectivity index (χ2v) is 8.02. The van der Waals surface area contributed by atoms with Crippen LogP contribution < -0.4 is 5.56 Å². The third-order valence-electron chi connectivity index (χ3n) is 5.06. The molecule has 1 aliphatic heterocycles. The number of carbonyl (C=O) groups excluding carboxylic acids is 1. The number of carbonyl (C=O) groups is 1. The van der Waals surface area contributed by atoms with Crippen LogP contribution in [0.2, 0.25) is 0 Å². The van der Waals surface area contributed by atoms with Crippen LogP contribution in [0.4, 0.5) is 0 Å². The lowest BCUT2D eigenvalue weighted by molar-refractivity contribution is -0.132. The van der Waals surface area contributed by atoms with Crippen molar-refractivity contribution in [3.05, 3.63) is 58.5 Å². The smallest absolute Gasteiger partial charge is 0.251 e. The maximum atomic E-state index is 12.6. The Kier molecular flexibility index (Phi) is 5.66. The summed E-state index contributed by atoms with van der Waals surface area (Å²) >= 11 is 1.57. The van der Waals surface area contributed by atoms with Crippen LogP contribution in [0.15, 0.2) is 47.1 Å². The Morgan fingerprint density at radius 3 is 3.11 bits per heavy atom. The van der Waals surface area contributed by atoms with E-state index in [1.165, 1.54) is 6.07 Å². The minimum absolute atomic E-state index is 0.0685. The first-order valence-corrected chi connectivity index (χ1v) is 10.5. The molecular weight excluding hydrogens is 374 g/mol. The highest BCUT2D eigenvalue weighted by molar-refractivity contribution is 7.13. The van der Waals surface area contributed by atoms with E-state index < -0.39 is 0 Å². The number of hydrogen-bond acceptors (Lipinski definition) is 5. The fraction of sp³-hybridized carbons (Fsp3) is 0.400. The molecule has 146 valence electrons. The predicted molar refractivity (Wildman–Crippen MR) is 108 cm³/mol. The number of likely N-dealkylation sites (tertiary alicyclic amines) is 1. The zero-order chi connectivity index (χ0) is 19.3. The summed E-state index contributed by atoms with van der Waals surface area (Å²) in [6.45, 7) is 2.18. The fourth-order valence-corrected chi connectivity index (χ4v) is 4.32. The molecule has 0 spiro atoms. The van der Waals surface area contributed by atoms with E-state index >= 15 is 0 Å². The summed E-state index contributed by atoms with van der Waals surface area (Å²) in [6, 6.07) is 5.46. The van der Waals surface area contributed by atoms with Crippen LogP contribution in [0, 0.1) is 0 Å². The van der Waals surface area contributed by atoms with Crippen molar-refractivity contribution in [2.24, 2.45) is 0 Å². The summed E-state index contributed by atoms with van der Waals surface area (Å²) in [4.78, 5) is 39.3. The normalized spacial score (nSPS) is 17.0. The number of amides is 1. The van der Waals surface area contributed by atoms with Crippen molar-refractivity contribution in [1.29, 1.82) is 0 Å². The van der Waals surface area contributed by atoms with Crippen molar-refractivity contribution in [2.45, 2.75) is 38.1 Å². The lowest BCUT2D eigenvalue weighted by Gasteiger charge is -2.32. The van der Waals surface area contributed by atoms with E-state index in [9.17, 15) is 9.59 Å². The molecule has 3 aromatic heterocycles. The van der Waals surface area contributed by atoms with Crippen LogP contribution >= 0.6 is 11.3 Å². The van der Waals surface area contributed by atoms with Gasteiger partial charge in [0.1, 0.15) is 5.82 Å². The summed E-state index contributed by atoms with van der Waals surface area (Å²) < 4.78 is 1.98. The number of nitrogens with one attached hydrogen (secondary N) is 1. The Labute approximate surface area is 167 Å². The quantitative estimate of drug-likeness (QED) is 0.693. The van der Waals surface area contributed by atoms with Crippen LogP contribution in [-0.4, -0.2) is 43.4 Å². The number of thiophene rings is 1. The van der Waals surface area contributed by atoms with Gasteiger partial charge in [-0.05, 0) is 30.7 Å². The van der Waals surface area contributed by atoms with E-state index in [0.717, 1.165) is 37.2 Å². The molecule has 7 nitrogen and oxygen atoms in total. The van der Waals surface area contributed by atoms with E-state index in [-0.39, 0.29) is 17.4 Å². The number of aryl methyl sites for hydroxylation is 1. The first kappa shape index (κ1) is 18.6. The lowest BCUT2D eigenvalue weighted by Crippen LogP contribution is -2.39. The van der Waals surface area contributed by atoms with E-state index in [4.69, 9.17) is 4.98 Å². The van der Waals surface area contributed by atoms with Gasteiger partial charge in [-0.15, -0.1) is 11.3 Å². The summed E-state index contributed by atoms with van der Waals surface area (Å²) in [5, 5.41) is 1.97. The van der Waals surface area contributed by atoms with E-state index in [1.807, 2.05) is 33.2 Å². The Balaban J connectivity index is 1.40. The van der Waals surface area contributed by atoms with Crippen molar-refractivity contribution in [3.63, 3.8) is 0 Å². The number of nitrogens with zero attached hydrogens (tertiary/aromatic N) is 4. The SMILES string of the molecule is O=C(CCCn1ccnc1)N1CCC[C@H](c2nc(-c3cccs3)cc(=O)[nH]2)C1. The third-order valence-corrected chi connectivity index (χ3v) is 5.95. The number of rotatable bonds is 6. The molecule has 0 aromatic carbocycles. The van der Waals surface area contributed by atoms with Crippen molar-refractivity contribution in [3.8, 4) is 10.6 Å². The van der Waals surface area contributed by atoms with E-state index in [0.29, 0.717) is 24.5 Å². The molecule has 8 heteroatoms. The molecule has 1 fully saturated rings. The number of imidazole rings is 1. The van der Waals surface area contributed by atoms with Gasteiger partial charge in [0.05, 0.1) is 16.9 Å². The minimum atomic E-state index is -0.141. The van der Waals surface area contributed by atoms with E-state index in [1.54, 1.807) is 23.9 Å². The molecule has 1 N–H and O–H groups in total. The molecule has 1 saturated heterocycles. The Morgan fingerprint density at radius 1 is 1.39 bits per heavy atom. The van der Waals surface area contributed by atoms with Gasteiger partial charge >= 0.3 is 0 Å². The van der Waals surface area contributed by atoms with Gasteiger partial charge in [-0.3, -0.25) is 9.59 Å². The molecule has 4 rings (SSSR count). The van der Waals surface area contributed by atoms with Gasteiger partial charge in [0.15, 0.2) is 0 Å². The Morgan fingerprint density at radius 2 is 2.32 bits per heavy atom. The molecule has 1 atom stereocenters. The summed E-state index contributed by atoms with van der Waals surface area (Å²) in [6.07, 6.45) is 8.58. The fourth-order valence-electron chi connectivity index (χ4n) is 3.64. The number of hydrogen-bond donors (Lipinski definition) is 1. The van der Waals surface area contributed by atoms with Crippen LogP contribution in [0.3, 0.4) is 0 Å². The second kappa shape index (κ2) is 8.52. The standard InChI is InChI=1S/C20H23N5O2S/c26-18-12-16(17-5-3-11-28-17)22-20(23-18)15-4-1-9-25(13-15)19(27)6-2-8-24-10-7-21-14-24/h3,5,7,10-12,14-15H,1-2,4,6,8-9,13H2,(H,22,23,26)/t15-/m0/s1. The van der Waals surface area contributed by atoms with Crippen LogP contribution in [0.5, 0.6) is 0 Å². The maximum absolute atomic E-state index is 12.6. The lowest BCUT2D eigenvalue weighted by atomic mass is 9.96. The van der Waals surface area contributed by atoms with Crippen LogP contribution in [0.25, 0.3) is 10.6 Å². The van der Waals surface area contributed by atoms with Gasteiger partial charge in [-0.1, -0.05) is 6.07 Å². The first-order valence-electron chi connectivity index (χ1n) is 9.58. The molecule has 1 amide bonds. The monoisotopic (exact) mass is 397 g/mol. The number of aromatic amines is 1. The van der Waals surface area contributed by atoms with Crippen molar-refractivity contribution >= 4 is 17.2 Å². The van der Waals surface area contributed by atoms with E-state index in [2.05, 4.69) is 9.97 Å². The largest absolute Gasteiger partial charge is 0.342 e. The second-order valence-electron chi connectivity index (χ2n) is 7.08. The maximum Gasteiger partial charge on any atom is 0.251 e. The molecule has 4 heterocycles. The van der Waals surface area contributed by atoms with Gasteiger partial charge in [0, 0.05) is 50.4 Å². The van der Waals surface area contributed by atoms with Crippen LogP contribution in [0.1, 0.15) is 37.4 Å². The average molecular weight is 398 g/mol. The average Bonchev–Trinajstić information content (AvgIpc) is 3.42. The molecule has 0 radical (unpaired) electrons. The van der Waals surface area contributed by atoms with Crippen LogP contribution in [-0.2, 0) is 11.3 Å². The number of H-pyrrole nitrogens is 1. The molecule has 0 aliphatic carbocycles. The predicted octanol–water partition coefficient (Wildman–Crippen LogP) is 2.88. The highest BCUT2D eigenvalue weighted by Gasteiger charge is 2.26. The van der Waals surface area contributed by atoms with Gasteiger partial charge in [0.25, 0.3) is 5.56 Å². The molecule has 28 heavy (non-hydrogen) atoms. The molecule has 0 saturated carbocycles. The van der Waals surface area contributed by atoms with Gasteiger partial charge in [0.2, 0.25) is 5.91 Å². The summed E-state index contributed by atoms with van der Waals surface area (Å²) in [5.41, 5.74) is 0.565. The molecule has 0 bridgehead atoms. The summed E-state index contributed by atoms with van der Waals surface area (Å²) in [7, 11) is 0. The minimum Gasteiger partial charge on any atom is -0.342 e. The van der Waals surface area contributed by atoms with Crippen molar-refractivity contribution in [2.75, 3.05) is 13.1 Å². The Bertz CT molecular complexity index is 965. The van der Waals surface area contributed by atoms with Gasteiger partial charge < -0.3 is 14.5 Å². The topological polar surface area (TPSA) is 83.9 Å². The van der Waals surface area contributed by atoms with Crippen molar-refractivity contribution < 1.29 is 4.79 Å². The summed E-state index contributed by atoms with van der Waals surface area (Å²) in [5.74, 6) is 0.923. The number of piperidine rings is 1. The zero-order valence-corrected chi connectivity index (χ0v) is 16.4. The highest BCUT2D eigenvalue weighted by Crippen LogP contribution is 2.27. The molecule has 1 aliphatic rings. The molecule has 0 unspecified atom stereocenters. The van der Waals surface area contributed by atoms with Gasteiger partial charge in [-0.25, -0.2) is 9.97 Å². The van der Waals surface area contributed by atoms with Crippen molar-refractivity contribution in [1.82, 2.24) is 24.4 Å². The molecular formula is C20H23N5O2S. The van der Waals surface area contributed by atoms with Gasteiger partial charge in [-0.2, -0.15) is 0 Å².